The van der Waals surface area contributed by atoms with E-state index in [0.29, 0.717) is 5.56 Å². The van der Waals surface area contributed by atoms with Gasteiger partial charge in [0.15, 0.2) is 26.8 Å². The maximum atomic E-state index is 12.7. The second-order valence-corrected chi connectivity index (χ2v) is 13.8. The van der Waals surface area contributed by atoms with Crippen LogP contribution in [-0.4, -0.2) is 58.1 Å². The van der Waals surface area contributed by atoms with E-state index in [-0.39, 0.29) is 18.3 Å². The summed E-state index contributed by atoms with van der Waals surface area (Å²) in [4.78, 5) is 24.6. The summed E-state index contributed by atoms with van der Waals surface area (Å²) in [6.07, 6.45) is -1.67. The highest BCUT2D eigenvalue weighted by atomic mass is 28.4. The van der Waals surface area contributed by atoms with E-state index in [4.69, 9.17) is 23.4 Å². The van der Waals surface area contributed by atoms with Gasteiger partial charge in [-0.2, -0.15) is 0 Å². The van der Waals surface area contributed by atoms with Crippen molar-refractivity contribution in [3.8, 4) is 0 Å². The van der Waals surface area contributed by atoms with E-state index in [1.807, 2.05) is 6.07 Å². The zero-order valence-electron chi connectivity index (χ0n) is 19.3. The summed E-state index contributed by atoms with van der Waals surface area (Å²) in [5.41, 5.74) is 0.419. The Morgan fingerprint density at radius 3 is 2.35 bits per heavy atom. The maximum Gasteiger partial charge on any atom is 0.338 e. The predicted molar refractivity (Wildman–Crippen MR) is 119 cm³/mol. The summed E-state index contributed by atoms with van der Waals surface area (Å²) in [7, 11) is -2.33. The lowest BCUT2D eigenvalue weighted by Crippen LogP contribution is -2.61. The van der Waals surface area contributed by atoms with Gasteiger partial charge in [0.1, 0.15) is 6.10 Å². The Hall–Kier alpha value is -2.00. The zero-order valence-corrected chi connectivity index (χ0v) is 20.3. The molecule has 7 nitrogen and oxygen atoms in total. The van der Waals surface area contributed by atoms with Crippen molar-refractivity contribution < 1.29 is 33.0 Å². The molecule has 172 valence electrons. The van der Waals surface area contributed by atoms with Crippen molar-refractivity contribution in [1.82, 2.24) is 0 Å². The van der Waals surface area contributed by atoms with Crippen LogP contribution >= 0.6 is 0 Å². The Morgan fingerprint density at radius 1 is 1.16 bits per heavy atom. The van der Waals surface area contributed by atoms with Gasteiger partial charge in [0.05, 0.1) is 18.8 Å². The molecule has 0 aliphatic carbocycles. The highest BCUT2D eigenvalue weighted by molar-refractivity contribution is 6.74. The molecule has 1 saturated heterocycles. The van der Waals surface area contributed by atoms with Crippen LogP contribution in [0.2, 0.25) is 18.1 Å². The first-order chi connectivity index (χ1) is 14.5. The molecule has 1 aromatic carbocycles. The van der Waals surface area contributed by atoms with Gasteiger partial charge in [-0.25, -0.2) is 4.79 Å². The molecule has 1 heterocycles. The summed E-state index contributed by atoms with van der Waals surface area (Å²) in [6.45, 7) is 15.7. The first-order valence-corrected chi connectivity index (χ1v) is 13.3. The van der Waals surface area contributed by atoms with E-state index in [0.717, 1.165) is 0 Å². The first kappa shape index (κ1) is 25.3. The SMILES string of the molecule is C=CCO[C@H]1OC[C@H](OC(=O)c2ccccc2)[C@H](O[Si](C)(C)C(C)(C)C)[C@H]1OC(C)=O. The van der Waals surface area contributed by atoms with E-state index in [2.05, 4.69) is 40.4 Å². The summed E-state index contributed by atoms with van der Waals surface area (Å²) in [5.74, 6) is -0.996. The van der Waals surface area contributed by atoms with Gasteiger partial charge < -0.3 is 23.4 Å². The number of hydrogen-bond acceptors (Lipinski definition) is 7. The quantitative estimate of drug-likeness (QED) is 0.335. The highest BCUT2D eigenvalue weighted by Crippen LogP contribution is 2.39. The smallest absolute Gasteiger partial charge is 0.338 e. The van der Waals surface area contributed by atoms with Crippen LogP contribution in [0.1, 0.15) is 38.1 Å². The lowest BCUT2D eigenvalue weighted by molar-refractivity contribution is -0.269. The Labute approximate surface area is 185 Å². The van der Waals surface area contributed by atoms with E-state index in [1.54, 1.807) is 30.3 Å². The molecule has 0 bridgehead atoms. The lowest BCUT2D eigenvalue weighted by Gasteiger charge is -2.46. The summed E-state index contributed by atoms with van der Waals surface area (Å²) < 4.78 is 29.4. The largest absolute Gasteiger partial charge is 0.454 e. The molecule has 0 unspecified atom stereocenters. The molecule has 8 heteroatoms. The minimum absolute atomic E-state index is 0.0530. The van der Waals surface area contributed by atoms with Crippen molar-refractivity contribution in [3.05, 3.63) is 48.6 Å². The van der Waals surface area contributed by atoms with Crippen molar-refractivity contribution in [1.29, 1.82) is 0 Å². The molecule has 4 atom stereocenters. The number of esters is 2. The molecular weight excluding hydrogens is 416 g/mol. The summed E-state index contributed by atoms with van der Waals surface area (Å²) >= 11 is 0. The average Bonchev–Trinajstić information content (AvgIpc) is 2.69. The van der Waals surface area contributed by atoms with Crippen LogP contribution in [0.3, 0.4) is 0 Å². The number of rotatable bonds is 8. The molecule has 2 rings (SSSR count). The first-order valence-electron chi connectivity index (χ1n) is 10.4. The van der Waals surface area contributed by atoms with Gasteiger partial charge in [0.2, 0.25) is 0 Å². The third-order valence-corrected chi connectivity index (χ3v) is 10.0. The van der Waals surface area contributed by atoms with Crippen molar-refractivity contribution >= 4 is 20.3 Å². The molecule has 31 heavy (non-hydrogen) atoms. The molecule has 0 spiro atoms. The zero-order chi connectivity index (χ0) is 23.2. The van der Waals surface area contributed by atoms with E-state index in [9.17, 15) is 9.59 Å². The highest BCUT2D eigenvalue weighted by Gasteiger charge is 2.50. The summed E-state index contributed by atoms with van der Waals surface area (Å²) in [6, 6.07) is 8.70. The molecule has 0 amide bonds. The van der Waals surface area contributed by atoms with Crippen LogP contribution in [0.15, 0.2) is 43.0 Å². The second-order valence-electron chi connectivity index (χ2n) is 9.05. The molecule has 0 saturated carbocycles. The van der Waals surface area contributed by atoms with Gasteiger partial charge in [-0.3, -0.25) is 4.79 Å². The van der Waals surface area contributed by atoms with Crippen LogP contribution in [0.4, 0.5) is 0 Å². The Kier molecular flexibility index (Phi) is 8.59. The van der Waals surface area contributed by atoms with E-state index < -0.39 is 44.9 Å². The van der Waals surface area contributed by atoms with Gasteiger partial charge >= 0.3 is 11.9 Å². The fraction of sp³-hybridized carbons (Fsp3) is 0.565. The molecule has 0 N–H and O–H groups in total. The Bertz CT molecular complexity index is 757. The molecular formula is C23H34O7Si. The normalized spacial score (nSPS) is 24.3. The lowest BCUT2D eigenvalue weighted by atomic mass is 10.0. The van der Waals surface area contributed by atoms with Crippen molar-refractivity contribution in [2.24, 2.45) is 0 Å². The third-order valence-electron chi connectivity index (χ3n) is 5.57. The van der Waals surface area contributed by atoms with Crippen LogP contribution in [-0.2, 0) is 28.2 Å². The Morgan fingerprint density at radius 2 is 1.81 bits per heavy atom. The fourth-order valence-electron chi connectivity index (χ4n) is 2.91. The van der Waals surface area contributed by atoms with Crippen LogP contribution < -0.4 is 0 Å². The Balaban J connectivity index is 2.36. The number of hydrogen-bond donors (Lipinski definition) is 0. The standard InChI is InChI=1S/C23H34O7Si/c1-8-14-26-22-20(28-16(2)24)19(30-31(6,7)23(3,4)5)18(15-27-22)29-21(25)17-12-10-9-11-13-17/h8-13,18-20,22H,1,14-15H2,2-7H3/t18-,19-,20+,22-/m0/s1. The monoisotopic (exact) mass is 450 g/mol. The maximum absolute atomic E-state index is 12.7. The fourth-order valence-corrected chi connectivity index (χ4v) is 4.23. The van der Waals surface area contributed by atoms with Crippen molar-refractivity contribution in [2.75, 3.05) is 13.2 Å². The predicted octanol–water partition coefficient (Wildman–Crippen LogP) is 4.09. The molecule has 0 aromatic heterocycles. The van der Waals surface area contributed by atoms with Gasteiger partial charge in [-0.1, -0.05) is 45.0 Å². The summed E-state index contributed by atoms with van der Waals surface area (Å²) in [5, 5.41) is -0.114. The third kappa shape index (κ3) is 6.74. The molecule has 1 aromatic rings. The van der Waals surface area contributed by atoms with E-state index >= 15 is 0 Å². The van der Waals surface area contributed by atoms with Crippen molar-refractivity contribution in [3.63, 3.8) is 0 Å². The van der Waals surface area contributed by atoms with Crippen molar-refractivity contribution in [2.45, 2.75) is 70.4 Å². The minimum atomic E-state index is -2.33. The van der Waals surface area contributed by atoms with Crippen LogP contribution in [0, 0.1) is 0 Å². The molecule has 1 aliphatic heterocycles. The molecule has 1 aliphatic rings. The second kappa shape index (κ2) is 10.5. The number of benzene rings is 1. The average molecular weight is 451 g/mol. The number of carbonyl (C=O) groups excluding carboxylic acids is 2. The van der Waals surface area contributed by atoms with Crippen LogP contribution in [0.5, 0.6) is 0 Å². The van der Waals surface area contributed by atoms with Gasteiger partial charge in [0, 0.05) is 6.92 Å². The topological polar surface area (TPSA) is 80.3 Å². The molecule has 1 fully saturated rings. The number of ether oxygens (including phenoxy) is 4. The van der Waals surface area contributed by atoms with Gasteiger partial charge in [-0.05, 0) is 30.3 Å². The van der Waals surface area contributed by atoms with E-state index in [1.165, 1.54) is 6.92 Å². The molecule has 0 radical (unpaired) electrons. The minimum Gasteiger partial charge on any atom is -0.454 e. The van der Waals surface area contributed by atoms with Gasteiger partial charge in [-0.15, -0.1) is 6.58 Å². The van der Waals surface area contributed by atoms with Gasteiger partial charge in [0.25, 0.3) is 0 Å². The van der Waals surface area contributed by atoms with Crippen LogP contribution in [0.25, 0.3) is 0 Å². The number of carbonyl (C=O) groups is 2.